The second-order valence-electron chi connectivity index (χ2n) is 4.76. The summed E-state index contributed by atoms with van der Waals surface area (Å²) in [5.74, 6) is -0.353. The van der Waals surface area contributed by atoms with Gasteiger partial charge in [-0.3, -0.25) is 4.79 Å². The van der Waals surface area contributed by atoms with Crippen molar-refractivity contribution in [2.75, 3.05) is 5.32 Å². The van der Waals surface area contributed by atoms with Gasteiger partial charge in [-0.2, -0.15) is 8.78 Å². The van der Waals surface area contributed by atoms with Gasteiger partial charge in [0, 0.05) is 16.0 Å². The number of hydrogen-bond donors (Lipinski definition) is 1. The Morgan fingerprint density at radius 2 is 2.12 bits per heavy atom. The van der Waals surface area contributed by atoms with Crippen LogP contribution in [0.4, 0.5) is 14.6 Å². The Hall–Kier alpha value is -2.58. The third-order valence-electron chi connectivity index (χ3n) is 3.01. The fourth-order valence-corrected chi connectivity index (χ4v) is 2.93. The number of anilines is 1. The largest absolute Gasteiger partial charge is 0.433 e. The molecule has 1 aromatic carbocycles. The van der Waals surface area contributed by atoms with Gasteiger partial charge >= 0.3 is 6.61 Å². The number of rotatable bonds is 5. The maximum absolute atomic E-state index is 12.2. The first-order chi connectivity index (χ1) is 12.0. The summed E-state index contributed by atoms with van der Waals surface area (Å²) >= 11 is 7.25. The molecule has 3 rings (SSSR count). The molecule has 3 aromatic rings. The van der Waals surface area contributed by atoms with Gasteiger partial charge in [0.25, 0.3) is 5.91 Å². The van der Waals surface area contributed by atoms with Crippen LogP contribution in [0.15, 0.2) is 48.0 Å². The molecule has 2 heterocycles. The lowest BCUT2D eigenvalue weighted by atomic mass is 10.2. The number of nitrogens with one attached hydrogen (secondary N) is 1. The van der Waals surface area contributed by atoms with Gasteiger partial charge in [0.1, 0.15) is 22.3 Å². The van der Waals surface area contributed by atoms with Crippen LogP contribution in [0.25, 0.3) is 10.6 Å². The standard InChI is InChI=1S/C16H10ClF2N3O2S/c17-10-3-1-2-9(6-10)15-21-12(8-25-15)14(23)22-13-5-4-11(7-20-13)24-16(18)19/h1-8,16H,(H,20,22,23). The summed E-state index contributed by atoms with van der Waals surface area (Å²) in [4.78, 5) is 20.3. The number of ether oxygens (including phenoxy) is 1. The summed E-state index contributed by atoms with van der Waals surface area (Å²) < 4.78 is 28.4. The first kappa shape index (κ1) is 17.2. The van der Waals surface area contributed by atoms with Crippen molar-refractivity contribution < 1.29 is 18.3 Å². The number of nitrogens with zero attached hydrogens (tertiary/aromatic N) is 2. The third kappa shape index (κ3) is 4.49. The number of carbonyl (C=O) groups is 1. The molecular formula is C16H10ClF2N3O2S. The minimum absolute atomic E-state index is 0.0927. The van der Waals surface area contributed by atoms with E-state index in [-0.39, 0.29) is 17.3 Å². The molecule has 5 nitrogen and oxygen atoms in total. The number of amides is 1. The summed E-state index contributed by atoms with van der Waals surface area (Å²) in [6.45, 7) is -2.93. The molecule has 0 radical (unpaired) electrons. The van der Waals surface area contributed by atoms with Crippen molar-refractivity contribution in [3.63, 3.8) is 0 Å². The molecule has 25 heavy (non-hydrogen) atoms. The summed E-state index contributed by atoms with van der Waals surface area (Å²) in [6, 6.07) is 9.79. The van der Waals surface area contributed by atoms with E-state index in [4.69, 9.17) is 11.6 Å². The van der Waals surface area contributed by atoms with Crippen molar-refractivity contribution in [1.82, 2.24) is 9.97 Å². The van der Waals surface area contributed by atoms with Crippen molar-refractivity contribution in [2.45, 2.75) is 6.61 Å². The van der Waals surface area contributed by atoms with Crippen LogP contribution in [0.3, 0.4) is 0 Å². The molecule has 128 valence electrons. The van der Waals surface area contributed by atoms with Crippen LogP contribution in [0.5, 0.6) is 5.75 Å². The highest BCUT2D eigenvalue weighted by atomic mass is 35.5. The van der Waals surface area contributed by atoms with Gasteiger partial charge in [-0.05, 0) is 24.3 Å². The molecule has 9 heteroatoms. The van der Waals surface area contributed by atoms with E-state index in [1.807, 2.05) is 6.07 Å². The average Bonchev–Trinajstić information content (AvgIpc) is 3.06. The monoisotopic (exact) mass is 381 g/mol. The second kappa shape index (κ2) is 7.54. The predicted molar refractivity (Wildman–Crippen MR) is 91.4 cm³/mol. The van der Waals surface area contributed by atoms with Gasteiger partial charge in [0.2, 0.25) is 0 Å². The van der Waals surface area contributed by atoms with Crippen LogP contribution in [-0.2, 0) is 0 Å². The number of benzene rings is 1. The van der Waals surface area contributed by atoms with Crippen LogP contribution >= 0.6 is 22.9 Å². The Labute approximate surface area is 150 Å². The predicted octanol–water partition coefficient (Wildman–Crippen LogP) is 4.71. The van der Waals surface area contributed by atoms with Crippen LogP contribution in [0.1, 0.15) is 10.5 Å². The Bertz CT molecular complexity index is 887. The van der Waals surface area contributed by atoms with Gasteiger partial charge in [-0.1, -0.05) is 23.7 Å². The maximum atomic E-state index is 12.2. The average molecular weight is 382 g/mol. The topological polar surface area (TPSA) is 64.1 Å². The van der Waals surface area contributed by atoms with Crippen LogP contribution in [-0.4, -0.2) is 22.5 Å². The zero-order chi connectivity index (χ0) is 17.8. The van der Waals surface area contributed by atoms with E-state index in [0.29, 0.717) is 10.0 Å². The van der Waals surface area contributed by atoms with Gasteiger partial charge in [0.15, 0.2) is 0 Å². The Kier molecular flexibility index (Phi) is 5.20. The quantitative estimate of drug-likeness (QED) is 0.695. The molecule has 0 aliphatic heterocycles. The molecule has 0 fully saturated rings. The minimum Gasteiger partial charge on any atom is -0.433 e. The van der Waals surface area contributed by atoms with Crippen molar-refractivity contribution in [3.05, 3.63) is 58.7 Å². The minimum atomic E-state index is -2.93. The normalized spacial score (nSPS) is 10.7. The maximum Gasteiger partial charge on any atom is 0.387 e. The van der Waals surface area contributed by atoms with E-state index >= 15 is 0 Å². The summed E-state index contributed by atoms with van der Waals surface area (Å²) in [5, 5.41) is 5.38. The van der Waals surface area contributed by atoms with E-state index < -0.39 is 12.5 Å². The first-order valence-electron chi connectivity index (χ1n) is 6.95. The van der Waals surface area contributed by atoms with Gasteiger partial charge in [0.05, 0.1) is 6.20 Å². The third-order valence-corrected chi connectivity index (χ3v) is 4.14. The highest BCUT2D eigenvalue weighted by Crippen LogP contribution is 2.26. The molecule has 0 unspecified atom stereocenters. The number of halogens is 3. The van der Waals surface area contributed by atoms with Gasteiger partial charge in [-0.25, -0.2) is 9.97 Å². The Balaban J connectivity index is 1.69. The number of alkyl halides is 2. The Morgan fingerprint density at radius 3 is 2.80 bits per heavy atom. The molecule has 0 spiro atoms. The highest BCUT2D eigenvalue weighted by molar-refractivity contribution is 7.13. The molecule has 0 aliphatic rings. The lowest BCUT2D eigenvalue weighted by molar-refractivity contribution is -0.0500. The van der Waals surface area contributed by atoms with Crippen molar-refractivity contribution in [2.24, 2.45) is 0 Å². The molecular weight excluding hydrogens is 372 g/mol. The molecule has 0 saturated heterocycles. The molecule has 0 bridgehead atoms. The molecule has 0 saturated carbocycles. The molecule has 0 aliphatic carbocycles. The number of aromatic nitrogens is 2. The zero-order valence-electron chi connectivity index (χ0n) is 12.4. The van der Waals surface area contributed by atoms with Crippen LogP contribution < -0.4 is 10.1 Å². The zero-order valence-corrected chi connectivity index (χ0v) is 14.0. The van der Waals surface area contributed by atoms with E-state index in [9.17, 15) is 13.6 Å². The van der Waals surface area contributed by atoms with E-state index in [1.54, 1.807) is 23.6 Å². The lowest BCUT2D eigenvalue weighted by Crippen LogP contribution is -2.13. The summed E-state index contributed by atoms with van der Waals surface area (Å²) in [5.41, 5.74) is 1.03. The van der Waals surface area contributed by atoms with Crippen molar-refractivity contribution in [3.8, 4) is 16.3 Å². The number of pyridine rings is 1. The molecule has 0 atom stereocenters. The van der Waals surface area contributed by atoms with Crippen molar-refractivity contribution >= 4 is 34.7 Å². The smallest absolute Gasteiger partial charge is 0.387 e. The van der Waals surface area contributed by atoms with Gasteiger partial charge < -0.3 is 10.1 Å². The first-order valence-corrected chi connectivity index (χ1v) is 8.21. The summed E-state index contributed by atoms with van der Waals surface area (Å²) in [7, 11) is 0. The second-order valence-corrected chi connectivity index (χ2v) is 6.05. The fourth-order valence-electron chi connectivity index (χ4n) is 1.94. The summed E-state index contributed by atoms with van der Waals surface area (Å²) in [6.07, 6.45) is 1.10. The fraction of sp³-hybridized carbons (Fsp3) is 0.0625. The number of hydrogen-bond acceptors (Lipinski definition) is 5. The van der Waals surface area contributed by atoms with Crippen LogP contribution in [0, 0.1) is 0 Å². The molecule has 2 aromatic heterocycles. The lowest BCUT2D eigenvalue weighted by Gasteiger charge is -2.05. The van der Waals surface area contributed by atoms with Crippen molar-refractivity contribution in [1.29, 1.82) is 0 Å². The van der Waals surface area contributed by atoms with E-state index in [0.717, 1.165) is 11.8 Å². The van der Waals surface area contributed by atoms with Gasteiger partial charge in [-0.15, -0.1) is 11.3 Å². The SMILES string of the molecule is O=C(Nc1ccc(OC(F)F)cn1)c1csc(-c2cccc(Cl)c2)n1. The Morgan fingerprint density at radius 1 is 1.28 bits per heavy atom. The van der Waals surface area contributed by atoms with Crippen LogP contribution in [0.2, 0.25) is 5.02 Å². The van der Waals surface area contributed by atoms with E-state index in [2.05, 4.69) is 20.0 Å². The van der Waals surface area contributed by atoms with E-state index in [1.165, 1.54) is 23.5 Å². The highest BCUT2D eigenvalue weighted by Gasteiger charge is 2.13. The number of thiazole rings is 1. The molecule has 1 N–H and O–H groups in total. The molecule has 1 amide bonds. The number of carbonyl (C=O) groups excluding carboxylic acids is 1.